The highest BCUT2D eigenvalue weighted by Gasteiger charge is 2.20. The number of hydrogen-bond acceptors (Lipinski definition) is 3. The first-order valence-electron chi connectivity index (χ1n) is 7.34. The topological polar surface area (TPSA) is 37.8 Å². The quantitative estimate of drug-likeness (QED) is 0.798. The molecule has 0 radical (unpaired) electrons. The number of pyridine rings is 2. The van der Waals surface area contributed by atoms with Crippen LogP contribution in [0, 0.1) is 6.92 Å². The molecule has 3 heterocycles. The van der Waals surface area contributed by atoms with E-state index in [9.17, 15) is 0 Å². The highest BCUT2D eigenvalue weighted by atomic mass is 15.0. The van der Waals surface area contributed by atoms with Gasteiger partial charge in [0.1, 0.15) is 5.82 Å². The summed E-state index contributed by atoms with van der Waals surface area (Å²) in [5, 5.41) is 4.63. The molecule has 2 aromatic rings. The van der Waals surface area contributed by atoms with Crippen LogP contribution < -0.4 is 5.32 Å². The van der Waals surface area contributed by atoms with Gasteiger partial charge in [0.25, 0.3) is 0 Å². The summed E-state index contributed by atoms with van der Waals surface area (Å²) in [5.41, 5.74) is 5.95. The first-order chi connectivity index (χ1) is 9.62. The summed E-state index contributed by atoms with van der Waals surface area (Å²) >= 11 is 0. The summed E-state index contributed by atoms with van der Waals surface area (Å²) in [6.45, 7) is 8.52. The van der Waals surface area contributed by atoms with Crippen LogP contribution in [-0.2, 0) is 12.8 Å². The molecule has 1 N–H and O–H groups in total. The van der Waals surface area contributed by atoms with Crippen LogP contribution in [0.5, 0.6) is 0 Å². The lowest BCUT2D eigenvalue weighted by Gasteiger charge is -2.26. The maximum Gasteiger partial charge on any atom is 0.161 e. The highest BCUT2D eigenvalue weighted by Crippen LogP contribution is 2.29. The Hall–Kier alpha value is -1.90. The van der Waals surface area contributed by atoms with Crippen molar-refractivity contribution in [3.8, 4) is 0 Å². The minimum absolute atomic E-state index is 0.355. The molecule has 104 valence electrons. The van der Waals surface area contributed by atoms with Crippen LogP contribution in [0.3, 0.4) is 0 Å². The summed E-state index contributed by atoms with van der Waals surface area (Å²) in [5.74, 6) is 0.992. The van der Waals surface area contributed by atoms with Crippen LogP contribution in [0.4, 0.5) is 5.82 Å². The molecule has 3 rings (SSSR count). The SMILES string of the molecule is CC=C1Cc2cc3cc(CC)c(C)nc3nc2N[C@H]1C. The third kappa shape index (κ3) is 2.07. The highest BCUT2D eigenvalue weighted by molar-refractivity contribution is 5.80. The van der Waals surface area contributed by atoms with Crippen LogP contribution in [0.15, 0.2) is 23.8 Å². The van der Waals surface area contributed by atoms with E-state index in [0.29, 0.717) is 6.04 Å². The Morgan fingerprint density at radius 3 is 2.85 bits per heavy atom. The van der Waals surface area contributed by atoms with Crippen LogP contribution in [-0.4, -0.2) is 16.0 Å². The van der Waals surface area contributed by atoms with Crippen molar-refractivity contribution in [2.75, 3.05) is 5.32 Å². The average Bonchev–Trinajstić information content (AvgIpc) is 2.44. The van der Waals surface area contributed by atoms with Gasteiger partial charge in [-0.15, -0.1) is 0 Å². The maximum absolute atomic E-state index is 4.72. The summed E-state index contributed by atoms with van der Waals surface area (Å²) in [6.07, 6.45) is 4.20. The zero-order chi connectivity index (χ0) is 14.3. The fourth-order valence-electron chi connectivity index (χ4n) is 2.92. The van der Waals surface area contributed by atoms with E-state index in [1.165, 1.54) is 16.7 Å². The number of rotatable bonds is 1. The number of nitrogens with zero attached hydrogens (tertiary/aromatic N) is 2. The molecule has 0 spiro atoms. The molecule has 0 bridgehead atoms. The lowest BCUT2D eigenvalue weighted by atomic mass is 9.95. The number of nitrogens with one attached hydrogen (secondary N) is 1. The lowest BCUT2D eigenvalue weighted by Crippen LogP contribution is -2.26. The van der Waals surface area contributed by atoms with Crippen molar-refractivity contribution >= 4 is 16.9 Å². The average molecular weight is 267 g/mol. The standard InChI is InChI=1S/C17H21N3/c1-5-12-7-14-9-15-8-13(6-2)11(4)19-17(15)20-16(14)18-10(12)3/h5,8-10H,6-7H2,1-4H3,(H,18,19,20)/t10-/m0/s1. The largest absolute Gasteiger partial charge is 0.364 e. The van der Waals surface area contributed by atoms with E-state index in [4.69, 9.17) is 4.98 Å². The molecule has 0 amide bonds. The Morgan fingerprint density at radius 1 is 1.35 bits per heavy atom. The first kappa shape index (κ1) is 13.1. The van der Waals surface area contributed by atoms with E-state index in [1.54, 1.807) is 0 Å². The molecule has 0 saturated carbocycles. The van der Waals surface area contributed by atoms with Crippen molar-refractivity contribution in [3.05, 3.63) is 40.6 Å². The number of aromatic nitrogens is 2. The van der Waals surface area contributed by atoms with Gasteiger partial charge in [-0.05, 0) is 62.4 Å². The molecule has 1 aliphatic rings. The lowest BCUT2D eigenvalue weighted by molar-refractivity contribution is 0.831. The summed E-state index contributed by atoms with van der Waals surface area (Å²) in [4.78, 5) is 9.37. The second-order valence-electron chi connectivity index (χ2n) is 5.54. The van der Waals surface area contributed by atoms with E-state index in [1.807, 2.05) is 0 Å². The molecule has 0 unspecified atom stereocenters. The first-order valence-corrected chi connectivity index (χ1v) is 7.34. The zero-order valence-electron chi connectivity index (χ0n) is 12.6. The van der Waals surface area contributed by atoms with Gasteiger partial charge in [0.2, 0.25) is 0 Å². The second kappa shape index (κ2) is 4.89. The Bertz CT molecular complexity index is 701. The van der Waals surface area contributed by atoms with Crippen LogP contribution >= 0.6 is 0 Å². The number of hydrogen-bond donors (Lipinski definition) is 1. The van der Waals surface area contributed by atoms with Gasteiger partial charge in [0.05, 0.1) is 0 Å². The van der Waals surface area contributed by atoms with Gasteiger partial charge in [-0.3, -0.25) is 0 Å². The molecule has 1 aliphatic heterocycles. The van der Waals surface area contributed by atoms with Gasteiger partial charge < -0.3 is 5.32 Å². The summed E-state index contributed by atoms with van der Waals surface area (Å²) in [6, 6.07) is 4.83. The Labute approximate surface area is 120 Å². The second-order valence-corrected chi connectivity index (χ2v) is 5.54. The Morgan fingerprint density at radius 2 is 2.15 bits per heavy atom. The molecule has 0 aliphatic carbocycles. The molecule has 20 heavy (non-hydrogen) atoms. The van der Waals surface area contributed by atoms with Crippen LogP contribution in [0.2, 0.25) is 0 Å². The third-order valence-electron chi connectivity index (χ3n) is 4.23. The van der Waals surface area contributed by atoms with Gasteiger partial charge in [0.15, 0.2) is 5.65 Å². The summed E-state index contributed by atoms with van der Waals surface area (Å²) in [7, 11) is 0. The monoisotopic (exact) mass is 267 g/mol. The molecule has 0 aromatic carbocycles. The normalized spacial score (nSPS) is 20.0. The molecular weight excluding hydrogens is 246 g/mol. The molecule has 0 fully saturated rings. The predicted molar refractivity (Wildman–Crippen MR) is 84.2 cm³/mol. The number of anilines is 1. The van der Waals surface area contributed by atoms with Crippen molar-refractivity contribution in [2.24, 2.45) is 0 Å². The number of fused-ring (bicyclic) bond motifs is 2. The molecule has 0 saturated heterocycles. The van der Waals surface area contributed by atoms with E-state index < -0.39 is 0 Å². The van der Waals surface area contributed by atoms with E-state index in [2.05, 4.69) is 56.2 Å². The zero-order valence-corrected chi connectivity index (χ0v) is 12.6. The van der Waals surface area contributed by atoms with Crippen molar-refractivity contribution in [3.63, 3.8) is 0 Å². The minimum Gasteiger partial charge on any atom is -0.364 e. The molecule has 3 nitrogen and oxygen atoms in total. The van der Waals surface area contributed by atoms with Crippen molar-refractivity contribution in [1.82, 2.24) is 9.97 Å². The minimum atomic E-state index is 0.355. The van der Waals surface area contributed by atoms with Gasteiger partial charge in [0, 0.05) is 17.1 Å². The molecule has 2 aromatic heterocycles. The predicted octanol–water partition coefficient (Wildman–Crippen LogP) is 3.80. The molecule has 1 atom stereocenters. The summed E-state index contributed by atoms with van der Waals surface area (Å²) < 4.78 is 0. The number of allylic oxidation sites excluding steroid dienone is 1. The Kier molecular flexibility index (Phi) is 3.20. The van der Waals surface area contributed by atoms with Gasteiger partial charge in [-0.25, -0.2) is 9.97 Å². The smallest absolute Gasteiger partial charge is 0.161 e. The fourth-order valence-corrected chi connectivity index (χ4v) is 2.92. The van der Waals surface area contributed by atoms with Crippen molar-refractivity contribution in [1.29, 1.82) is 0 Å². The van der Waals surface area contributed by atoms with Crippen molar-refractivity contribution < 1.29 is 0 Å². The van der Waals surface area contributed by atoms with Crippen LogP contribution in [0.1, 0.15) is 37.6 Å². The van der Waals surface area contributed by atoms with E-state index in [0.717, 1.165) is 35.4 Å². The van der Waals surface area contributed by atoms with Crippen molar-refractivity contribution in [2.45, 2.75) is 46.6 Å². The third-order valence-corrected chi connectivity index (χ3v) is 4.23. The fraction of sp³-hybridized carbons (Fsp3) is 0.412. The number of aryl methyl sites for hydroxylation is 2. The maximum atomic E-state index is 4.72. The van der Waals surface area contributed by atoms with Gasteiger partial charge in [-0.1, -0.05) is 13.0 Å². The molecule has 3 heteroatoms. The van der Waals surface area contributed by atoms with Gasteiger partial charge in [-0.2, -0.15) is 0 Å². The van der Waals surface area contributed by atoms with E-state index in [-0.39, 0.29) is 0 Å². The van der Waals surface area contributed by atoms with E-state index >= 15 is 0 Å². The Balaban J connectivity index is 2.16. The van der Waals surface area contributed by atoms with Gasteiger partial charge >= 0.3 is 0 Å². The molecular formula is C17H21N3. The van der Waals surface area contributed by atoms with Crippen LogP contribution in [0.25, 0.3) is 11.0 Å².